The number of nitrogens with zero attached hydrogens (tertiary/aromatic N) is 1. The molecule has 0 unspecified atom stereocenters. The molecule has 5 nitrogen and oxygen atoms in total. The molecule has 0 bridgehead atoms. The minimum atomic E-state index is -0.856. The van der Waals surface area contributed by atoms with Gasteiger partial charge in [-0.3, -0.25) is 9.59 Å². The highest BCUT2D eigenvalue weighted by Gasteiger charge is 2.45. The molecule has 2 aromatic rings. The quantitative estimate of drug-likeness (QED) is 0.759. The number of carbonyl (C=O) groups excluding carboxylic acids is 1. The average molecular weight is 358 g/mol. The van der Waals surface area contributed by atoms with E-state index in [1.165, 1.54) is 5.56 Å². The van der Waals surface area contributed by atoms with Crippen LogP contribution in [0.5, 0.6) is 0 Å². The highest BCUT2D eigenvalue weighted by molar-refractivity contribution is 7.09. The molecule has 3 rings (SSSR count). The van der Waals surface area contributed by atoms with Crippen LogP contribution in [0, 0.1) is 5.41 Å². The van der Waals surface area contributed by atoms with Crippen LogP contribution in [-0.4, -0.2) is 22.0 Å². The maximum Gasteiger partial charge on any atom is 0.310 e. The van der Waals surface area contributed by atoms with Gasteiger partial charge in [0.25, 0.3) is 0 Å². The molecular weight excluding hydrogens is 336 g/mol. The Kier molecular flexibility index (Phi) is 5.48. The summed E-state index contributed by atoms with van der Waals surface area (Å²) in [5, 5.41) is 15.1. The second kappa shape index (κ2) is 7.78. The predicted octanol–water partition coefficient (Wildman–Crippen LogP) is 3.19. The number of aliphatic carboxylic acids is 1. The molecule has 0 saturated heterocycles. The van der Waals surface area contributed by atoms with Gasteiger partial charge < -0.3 is 10.4 Å². The number of thiazole rings is 1. The summed E-state index contributed by atoms with van der Waals surface area (Å²) in [7, 11) is 0. The van der Waals surface area contributed by atoms with Gasteiger partial charge in [0.05, 0.1) is 22.7 Å². The number of amides is 1. The van der Waals surface area contributed by atoms with Crippen molar-refractivity contribution in [2.24, 2.45) is 5.41 Å². The Labute approximate surface area is 151 Å². The molecule has 1 amide bonds. The first-order valence-electron chi connectivity index (χ1n) is 8.55. The molecule has 1 aliphatic rings. The van der Waals surface area contributed by atoms with Crippen LogP contribution in [0.4, 0.5) is 0 Å². The summed E-state index contributed by atoms with van der Waals surface area (Å²) in [5.41, 5.74) is 1.28. The normalized spacial score (nSPS) is 15.4. The molecule has 0 spiro atoms. The molecule has 1 aliphatic carbocycles. The van der Waals surface area contributed by atoms with Crippen molar-refractivity contribution >= 4 is 23.2 Å². The van der Waals surface area contributed by atoms with Crippen molar-refractivity contribution in [2.45, 2.75) is 45.1 Å². The van der Waals surface area contributed by atoms with Crippen LogP contribution in [-0.2, 0) is 29.0 Å². The lowest BCUT2D eigenvalue weighted by atomic mass is 9.66. The first-order chi connectivity index (χ1) is 12.1. The second-order valence-corrected chi connectivity index (χ2v) is 7.55. The van der Waals surface area contributed by atoms with E-state index in [9.17, 15) is 14.7 Å². The molecule has 2 N–H and O–H groups in total. The highest BCUT2D eigenvalue weighted by atomic mass is 32.1. The third-order valence-corrected chi connectivity index (χ3v) is 5.76. The first-order valence-corrected chi connectivity index (χ1v) is 9.43. The number of rotatable bonds is 8. The van der Waals surface area contributed by atoms with Gasteiger partial charge in [0.15, 0.2) is 0 Å². The molecular formula is C19H22N2O3S. The Bertz CT molecular complexity index is 738. The van der Waals surface area contributed by atoms with Crippen molar-refractivity contribution in [2.75, 3.05) is 0 Å². The Balaban J connectivity index is 1.45. The van der Waals surface area contributed by atoms with Gasteiger partial charge in [-0.1, -0.05) is 36.8 Å². The van der Waals surface area contributed by atoms with E-state index < -0.39 is 11.4 Å². The first kappa shape index (κ1) is 17.6. The highest BCUT2D eigenvalue weighted by Crippen LogP contribution is 2.44. The maximum absolute atomic E-state index is 12.0. The van der Waals surface area contributed by atoms with Gasteiger partial charge in [-0.15, -0.1) is 11.3 Å². The predicted molar refractivity (Wildman–Crippen MR) is 96.3 cm³/mol. The fraction of sp³-hybridized carbons (Fsp3) is 0.421. The summed E-state index contributed by atoms with van der Waals surface area (Å²) >= 11 is 1.60. The number of carboxylic acid groups (broad SMARTS) is 1. The second-order valence-electron chi connectivity index (χ2n) is 6.61. The Morgan fingerprint density at radius 2 is 1.96 bits per heavy atom. The van der Waals surface area contributed by atoms with Crippen molar-refractivity contribution in [3.63, 3.8) is 0 Å². The van der Waals surface area contributed by atoms with Crippen LogP contribution < -0.4 is 5.32 Å². The van der Waals surface area contributed by atoms with E-state index in [4.69, 9.17) is 0 Å². The summed E-state index contributed by atoms with van der Waals surface area (Å²) in [6.07, 6.45) is 3.96. The van der Waals surface area contributed by atoms with Crippen LogP contribution in [0.3, 0.4) is 0 Å². The zero-order chi connectivity index (χ0) is 17.7. The summed E-state index contributed by atoms with van der Waals surface area (Å²) in [4.78, 5) is 27.9. The van der Waals surface area contributed by atoms with E-state index in [0.29, 0.717) is 19.4 Å². The smallest absolute Gasteiger partial charge is 0.310 e. The van der Waals surface area contributed by atoms with Gasteiger partial charge in [-0.2, -0.15) is 0 Å². The van der Waals surface area contributed by atoms with E-state index in [1.807, 2.05) is 23.6 Å². The summed E-state index contributed by atoms with van der Waals surface area (Å²) in [6.45, 7) is 0.358. The molecule has 6 heteroatoms. The van der Waals surface area contributed by atoms with Gasteiger partial charge in [-0.25, -0.2) is 4.98 Å². The molecule has 1 saturated carbocycles. The molecule has 1 aromatic carbocycles. The zero-order valence-corrected chi connectivity index (χ0v) is 14.8. The monoisotopic (exact) mass is 358 g/mol. The van der Waals surface area contributed by atoms with Gasteiger partial charge in [-0.05, 0) is 24.8 Å². The summed E-state index contributed by atoms with van der Waals surface area (Å²) in [5.74, 6) is -1.06. The zero-order valence-electron chi connectivity index (χ0n) is 14.0. The number of hydrogen-bond donors (Lipinski definition) is 2. The molecule has 25 heavy (non-hydrogen) atoms. The fourth-order valence-electron chi connectivity index (χ4n) is 3.07. The maximum atomic E-state index is 12.0. The van der Waals surface area contributed by atoms with Crippen molar-refractivity contribution < 1.29 is 14.7 Å². The lowest BCUT2D eigenvalue weighted by Crippen LogP contribution is -2.42. The van der Waals surface area contributed by atoms with Gasteiger partial charge in [0.2, 0.25) is 5.91 Å². The minimum Gasteiger partial charge on any atom is -0.481 e. The molecule has 0 radical (unpaired) electrons. The van der Waals surface area contributed by atoms with E-state index in [-0.39, 0.29) is 12.3 Å². The molecule has 1 fully saturated rings. The Morgan fingerprint density at radius 3 is 2.60 bits per heavy atom. The topological polar surface area (TPSA) is 79.3 Å². The van der Waals surface area contributed by atoms with Crippen molar-refractivity contribution in [1.82, 2.24) is 10.3 Å². The minimum absolute atomic E-state index is 0.0628. The molecule has 0 atom stereocenters. The number of carbonyl (C=O) groups is 2. The van der Waals surface area contributed by atoms with Crippen LogP contribution in [0.15, 0.2) is 35.7 Å². The van der Waals surface area contributed by atoms with E-state index in [1.54, 1.807) is 11.3 Å². The van der Waals surface area contributed by atoms with Crippen molar-refractivity contribution in [3.8, 4) is 0 Å². The number of aromatic nitrogens is 1. The third-order valence-electron chi connectivity index (χ3n) is 4.80. The molecule has 1 heterocycles. The van der Waals surface area contributed by atoms with Gasteiger partial charge in [0, 0.05) is 18.2 Å². The molecule has 0 aliphatic heterocycles. The Hall–Kier alpha value is -2.21. The molecule has 1 aromatic heterocycles. The lowest BCUT2D eigenvalue weighted by molar-refractivity contribution is -0.157. The third kappa shape index (κ3) is 4.45. The number of aryl methyl sites for hydroxylation is 2. The largest absolute Gasteiger partial charge is 0.481 e. The average Bonchev–Trinajstić information content (AvgIpc) is 3.03. The molecule has 132 valence electrons. The van der Waals surface area contributed by atoms with Crippen LogP contribution in [0.1, 0.15) is 41.9 Å². The van der Waals surface area contributed by atoms with Crippen LogP contribution in [0.25, 0.3) is 0 Å². The summed E-state index contributed by atoms with van der Waals surface area (Å²) in [6, 6.07) is 10.3. The van der Waals surface area contributed by atoms with E-state index in [0.717, 1.165) is 30.0 Å². The van der Waals surface area contributed by atoms with Crippen LogP contribution in [0.2, 0.25) is 0 Å². The Morgan fingerprint density at radius 1 is 1.20 bits per heavy atom. The van der Waals surface area contributed by atoms with Gasteiger partial charge >= 0.3 is 5.97 Å². The number of benzene rings is 1. The lowest BCUT2D eigenvalue weighted by Gasteiger charge is -2.36. The van der Waals surface area contributed by atoms with Crippen molar-refractivity contribution in [1.29, 1.82) is 0 Å². The number of hydrogen-bond acceptors (Lipinski definition) is 4. The fourth-order valence-corrected chi connectivity index (χ4v) is 3.87. The van der Waals surface area contributed by atoms with Crippen LogP contribution >= 0.6 is 11.3 Å². The van der Waals surface area contributed by atoms with Crippen molar-refractivity contribution in [3.05, 3.63) is 52.0 Å². The van der Waals surface area contributed by atoms with E-state index >= 15 is 0 Å². The number of nitrogens with one attached hydrogen (secondary N) is 1. The van der Waals surface area contributed by atoms with Gasteiger partial charge in [0.1, 0.15) is 0 Å². The number of carboxylic acids is 1. The van der Waals surface area contributed by atoms with E-state index in [2.05, 4.69) is 22.4 Å². The SMILES string of the molecule is O=C(CC1(C(=O)O)CCC1)NCc1csc(CCc2ccccc2)n1. The summed E-state index contributed by atoms with van der Waals surface area (Å²) < 4.78 is 0. The standard InChI is InChI=1S/C19H22N2O3S/c22-16(11-19(18(23)24)9-4-10-19)20-12-15-13-25-17(21-15)8-7-14-5-2-1-3-6-14/h1-3,5-6,13H,4,7-12H2,(H,20,22)(H,23,24).